The quantitative estimate of drug-likeness (QED) is 0.0541. The number of carbonyl (C=O) groups is 4. The number of halogens is 6. The largest absolute Gasteiger partial charge is 0.467 e. The topological polar surface area (TPSA) is 199 Å². The van der Waals surface area contributed by atoms with E-state index in [0.717, 1.165) is 92.8 Å². The summed E-state index contributed by atoms with van der Waals surface area (Å²) in [5.74, 6) is 1.08. The van der Waals surface area contributed by atoms with Gasteiger partial charge in [-0.2, -0.15) is 0 Å². The Kier molecular flexibility index (Phi) is 22.7. The third kappa shape index (κ3) is 15.6. The van der Waals surface area contributed by atoms with Crippen LogP contribution in [0.4, 0.5) is 0 Å². The molecule has 8 unspecified atom stereocenters. The molecule has 0 saturated heterocycles. The molecule has 18 rings (SSSR count). The number of hydrogen-bond acceptors (Lipinski definition) is 16. The Hall–Kier alpha value is -9.66. The first-order valence-electron chi connectivity index (χ1n) is 37.6. The van der Waals surface area contributed by atoms with Gasteiger partial charge in [-0.05, 0) is 204 Å². The average Bonchev–Trinajstić information content (AvgIpc) is 1.58. The summed E-state index contributed by atoms with van der Waals surface area (Å²) in [5.41, 5.74) is 4.14. The first-order valence-corrected chi connectivity index (χ1v) is 39.9. The van der Waals surface area contributed by atoms with E-state index in [1.807, 2.05) is 183 Å². The molecule has 0 spiro atoms. The van der Waals surface area contributed by atoms with Gasteiger partial charge >= 0.3 is 23.9 Å². The van der Waals surface area contributed by atoms with E-state index in [9.17, 15) is 19.2 Å². The van der Waals surface area contributed by atoms with Gasteiger partial charge in [-0.1, -0.05) is 191 Å². The Morgan fingerprint density at radius 2 is 0.580 bits per heavy atom. The summed E-state index contributed by atoms with van der Waals surface area (Å²) in [7, 11) is 5.65. The molecule has 0 amide bonds. The monoisotopic (exact) mass is 1620 g/mol. The molecular formula is C88H84Cl6N10O8. The molecule has 2 N–H and O–H groups in total. The van der Waals surface area contributed by atoms with Crippen molar-refractivity contribution in [1.29, 1.82) is 0 Å². The molecule has 4 saturated carbocycles. The van der Waals surface area contributed by atoms with Crippen LogP contribution in [0.25, 0.3) is 21.8 Å². The number of aromatic amines is 2. The van der Waals surface area contributed by atoms with Gasteiger partial charge in [0.15, 0.2) is 0 Å². The van der Waals surface area contributed by atoms with Gasteiger partial charge in [-0.3, -0.25) is 0 Å². The number of rotatable bonds is 20. The molecule has 0 radical (unpaired) electrons. The van der Waals surface area contributed by atoms with E-state index < -0.39 is 28.1 Å². The molecule has 6 heterocycles. The van der Waals surface area contributed by atoms with Gasteiger partial charge in [-0.15, -0.1) is 0 Å². The number of nitrogens with one attached hydrogen (secondary N) is 2. The number of hydrogen-bond donors (Lipinski definition) is 2. The van der Waals surface area contributed by atoms with Crippen LogP contribution < -0.4 is 0 Å². The number of carbonyl (C=O) groups excluding carboxylic acids is 4. The molecule has 4 aliphatic heterocycles. The van der Waals surface area contributed by atoms with E-state index in [0.29, 0.717) is 53.8 Å². The van der Waals surface area contributed by atoms with Crippen molar-refractivity contribution < 1.29 is 38.1 Å². The fourth-order valence-electron chi connectivity index (χ4n) is 16.1. The summed E-state index contributed by atoms with van der Waals surface area (Å²) in [4.78, 5) is 87.4. The number of H-pyrrole nitrogens is 2. The van der Waals surface area contributed by atoms with Crippen LogP contribution in [-0.2, 0) is 60.3 Å². The maximum absolute atomic E-state index is 13.3. The van der Waals surface area contributed by atoms with Crippen LogP contribution in [0.2, 0.25) is 30.1 Å². The highest BCUT2D eigenvalue weighted by atomic mass is 35.5. The summed E-state index contributed by atoms with van der Waals surface area (Å²) in [6.07, 6.45) is 17.0. The second-order valence-electron chi connectivity index (χ2n) is 29.9. The third-order valence-corrected chi connectivity index (χ3v) is 23.8. The van der Waals surface area contributed by atoms with Crippen molar-refractivity contribution in [2.75, 3.05) is 54.6 Å². The number of aromatic nitrogens is 2. The zero-order chi connectivity index (χ0) is 78.1. The number of esters is 4. The van der Waals surface area contributed by atoms with E-state index in [2.05, 4.69) is 41.7 Å². The molecule has 4 aliphatic carbocycles. The van der Waals surface area contributed by atoms with Crippen LogP contribution in [0.3, 0.4) is 0 Å². The second kappa shape index (κ2) is 32.8. The lowest BCUT2D eigenvalue weighted by atomic mass is 9.79. The minimum atomic E-state index is -1.22. The summed E-state index contributed by atoms with van der Waals surface area (Å²) in [6, 6.07) is 63.6. The van der Waals surface area contributed by atoms with Crippen LogP contribution in [0, 0.1) is 23.7 Å². The van der Waals surface area contributed by atoms with Gasteiger partial charge in [0, 0.05) is 78.7 Å². The summed E-state index contributed by atoms with van der Waals surface area (Å²) < 4.78 is 21.0. The molecule has 18 nitrogen and oxygen atoms in total. The van der Waals surface area contributed by atoms with Gasteiger partial charge in [0.05, 0.1) is 65.9 Å². The van der Waals surface area contributed by atoms with Crippen molar-refractivity contribution in [3.05, 3.63) is 281 Å². The zero-order valence-electron chi connectivity index (χ0n) is 62.2. The zero-order valence-corrected chi connectivity index (χ0v) is 66.7. The fourth-order valence-corrected chi connectivity index (χ4v) is 17.0. The highest BCUT2D eigenvalue weighted by molar-refractivity contribution is 6.32. The number of ether oxygens (including phenoxy) is 4. The number of methoxy groups -OCH3 is 4. The molecule has 8 atom stereocenters. The lowest BCUT2D eigenvalue weighted by molar-refractivity contribution is -0.150. The Morgan fingerprint density at radius 1 is 0.330 bits per heavy atom. The fraction of sp³-hybridized carbons (Fsp3) is 0.318. The number of nitrogens with zero attached hydrogens (tertiary/aromatic N) is 8. The average molecular weight is 1620 g/mol. The second-order valence-corrected chi connectivity index (χ2v) is 32.6. The Labute approximate surface area is 680 Å². The Morgan fingerprint density at radius 3 is 0.857 bits per heavy atom. The van der Waals surface area contributed by atoms with Gasteiger partial charge in [-0.25, -0.2) is 39.1 Å². The van der Waals surface area contributed by atoms with E-state index in [1.165, 1.54) is 79.8 Å². The minimum Gasteiger partial charge on any atom is -0.467 e. The minimum absolute atomic E-state index is 0.254. The van der Waals surface area contributed by atoms with Crippen molar-refractivity contribution in [3.8, 4) is 0 Å². The maximum Gasteiger partial charge on any atom is 0.341 e. The Bertz CT molecular complexity index is 5190. The van der Waals surface area contributed by atoms with Crippen molar-refractivity contribution in [2.45, 2.75) is 97.7 Å². The normalized spacial score (nSPS) is 23.9. The number of benzene rings is 8. The van der Waals surface area contributed by atoms with Crippen LogP contribution in [-0.4, -0.2) is 133 Å². The standard InChI is InChI=1S/C23H21Cl2N3O2.C23H22ClN3O2.C21H20Cl2N2O2.C21H21ClN2O2/c1-30-22(29)23(16-5-8-17(24)9-6-16)21(28(13-26-23)12-14-2-3-14)20-10-15-4-7-18(25)11-19(15)27-20;1-29-22(28)23(17-5-3-2-4-6-17)21(27(14-25-23)13-15-7-8-15)20-11-16-9-10-18(24)12-19(16)26-20;1-27-20(26)21(16-6-10-18(23)11-7-16)19(15-4-8-17(22)9-5-15)25(13-24-21)12-14-2-3-14;1-26-20(25)21(17-5-3-2-4-6-17)19(16-9-11-18(22)12-10-16)24(14-23-21)13-15-7-8-15/h4-11,13-14,21,27H,2-3,12H2,1H3;2-6,9-12,14-15,21,26H,7-8,13H2,1H3;4-11,13-14,19H,2-3,12H2,1H3;2-6,9-12,14-15,19H,7-8,13H2,1H3. The SMILES string of the molecule is COC(=O)C1(c2ccc(Cl)cc2)N=CN(CC2CC2)C1c1cc2ccc(Cl)cc2[nH]1.COC(=O)C1(c2ccc(Cl)cc2)N=CN(CC2CC2)C1c1ccc(Cl)cc1.COC(=O)C1(c2ccccc2)N=CN(CC2CC2)C1c1cc2ccc(Cl)cc2[nH]1.COC(=O)C1(c2ccccc2)N=CN(CC2CC2)C1c1ccc(Cl)cc1. The lowest BCUT2D eigenvalue weighted by Crippen LogP contribution is -2.44. The van der Waals surface area contributed by atoms with Gasteiger partial charge in [0.25, 0.3) is 0 Å². The highest BCUT2D eigenvalue weighted by Crippen LogP contribution is 2.54. The van der Waals surface area contributed by atoms with Crippen molar-refractivity contribution in [2.24, 2.45) is 43.6 Å². The van der Waals surface area contributed by atoms with Crippen molar-refractivity contribution in [3.63, 3.8) is 0 Å². The van der Waals surface area contributed by atoms with Gasteiger partial charge in [0.1, 0.15) is 12.1 Å². The molecule has 576 valence electrons. The van der Waals surface area contributed by atoms with Gasteiger partial charge in [0.2, 0.25) is 22.2 Å². The molecule has 0 bridgehead atoms. The van der Waals surface area contributed by atoms with Gasteiger partial charge < -0.3 is 48.5 Å². The van der Waals surface area contributed by atoms with Crippen LogP contribution in [0.1, 0.15) is 120 Å². The third-order valence-electron chi connectivity index (χ3n) is 22.4. The predicted octanol–water partition coefficient (Wildman–Crippen LogP) is 19.1. The highest BCUT2D eigenvalue weighted by Gasteiger charge is 2.60. The van der Waals surface area contributed by atoms with E-state index in [-0.39, 0.29) is 42.1 Å². The van der Waals surface area contributed by atoms with Crippen LogP contribution >= 0.6 is 69.6 Å². The summed E-state index contributed by atoms with van der Waals surface area (Å²) in [6.45, 7) is 3.47. The smallest absolute Gasteiger partial charge is 0.341 e. The first kappa shape index (κ1) is 77.7. The van der Waals surface area contributed by atoms with E-state index in [1.54, 1.807) is 36.9 Å². The lowest BCUT2D eigenvalue weighted by Gasteiger charge is -2.36. The molecule has 112 heavy (non-hydrogen) atoms. The summed E-state index contributed by atoms with van der Waals surface area (Å²) in [5, 5.41) is 5.95. The van der Waals surface area contributed by atoms with Crippen molar-refractivity contribution >= 4 is 141 Å². The van der Waals surface area contributed by atoms with Crippen LogP contribution in [0.15, 0.2) is 226 Å². The van der Waals surface area contributed by atoms with Crippen molar-refractivity contribution in [1.82, 2.24) is 29.6 Å². The molecule has 10 aromatic rings. The number of fused-ring (bicyclic) bond motifs is 2. The first-order chi connectivity index (χ1) is 54.3. The Balaban J connectivity index is 0.000000118. The predicted molar refractivity (Wildman–Crippen MR) is 443 cm³/mol. The molecular weight excluding hydrogens is 1540 g/mol. The van der Waals surface area contributed by atoms with Crippen LogP contribution in [0.5, 0.6) is 0 Å². The molecule has 8 aliphatic rings. The van der Waals surface area contributed by atoms with E-state index >= 15 is 0 Å². The molecule has 2 aromatic heterocycles. The molecule has 24 heteroatoms. The maximum atomic E-state index is 13.3. The van der Waals surface area contributed by atoms with E-state index in [4.69, 9.17) is 109 Å². The summed E-state index contributed by atoms with van der Waals surface area (Å²) >= 11 is 36.8. The molecule has 4 fully saturated rings. The molecule has 8 aromatic carbocycles. The number of aliphatic imine (C=N–C) groups is 4.